The van der Waals surface area contributed by atoms with E-state index in [0.717, 1.165) is 5.39 Å². The molecule has 4 N–H and O–H groups in total. The summed E-state index contributed by atoms with van der Waals surface area (Å²) in [6.07, 6.45) is 2.80. The van der Waals surface area contributed by atoms with Crippen molar-refractivity contribution in [2.45, 2.75) is 4.90 Å². The van der Waals surface area contributed by atoms with E-state index in [0.29, 0.717) is 45.1 Å². The molecule has 2 aromatic heterocycles. The second kappa shape index (κ2) is 6.82. The third-order valence-corrected chi connectivity index (χ3v) is 5.71. The van der Waals surface area contributed by atoms with Crippen molar-refractivity contribution in [1.82, 2.24) is 15.2 Å². The van der Waals surface area contributed by atoms with Crippen molar-refractivity contribution in [1.29, 1.82) is 0 Å². The van der Waals surface area contributed by atoms with Gasteiger partial charge >= 0.3 is 0 Å². The minimum Gasteiger partial charge on any atom is -0.493 e. The Morgan fingerprint density at radius 2 is 1.79 bits per heavy atom. The molecule has 4 aromatic rings. The number of H-pyrrole nitrogens is 1. The van der Waals surface area contributed by atoms with Gasteiger partial charge in [-0.1, -0.05) is 0 Å². The smallest absolute Gasteiger partial charge is 0.175 e. The number of benzene rings is 2. The highest BCUT2D eigenvalue weighted by molar-refractivity contribution is 7.90. The van der Waals surface area contributed by atoms with Crippen LogP contribution in [0.25, 0.3) is 21.8 Å². The summed E-state index contributed by atoms with van der Waals surface area (Å²) in [6, 6.07) is 8.18. The minimum atomic E-state index is -3.34. The zero-order valence-electron chi connectivity index (χ0n) is 16.0. The van der Waals surface area contributed by atoms with E-state index in [1.54, 1.807) is 37.6 Å². The fourth-order valence-corrected chi connectivity index (χ4v) is 3.77. The van der Waals surface area contributed by atoms with Gasteiger partial charge in [0, 0.05) is 29.2 Å². The number of fused-ring (bicyclic) bond motifs is 3. The van der Waals surface area contributed by atoms with Crippen molar-refractivity contribution in [2.75, 3.05) is 31.5 Å². The number of rotatable bonds is 5. The minimum absolute atomic E-state index is 0.221. The monoisotopic (exact) mass is 413 g/mol. The number of nitrogens with zero attached hydrogens (tertiary/aromatic N) is 2. The molecule has 0 aliphatic rings. The van der Waals surface area contributed by atoms with E-state index in [1.165, 1.54) is 19.4 Å². The zero-order valence-corrected chi connectivity index (χ0v) is 16.8. The standard InChI is InChI=1S/C19H19N5O4S/c1-27-16-7-13(20)15(8-17(16)28-2)23-19-18-12(9-21-24-18)11-6-10(29(3,25)26)4-5-14(11)22-19/h4-9H,20H2,1-3H3,(H,21,24)(H,22,23). The first-order valence-electron chi connectivity index (χ1n) is 8.57. The van der Waals surface area contributed by atoms with Crippen LogP contribution < -0.4 is 20.5 Å². The van der Waals surface area contributed by atoms with Gasteiger partial charge in [0.05, 0.1) is 42.2 Å². The Bertz CT molecular complexity index is 1350. The molecule has 0 amide bonds. The van der Waals surface area contributed by atoms with Gasteiger partial charge in [-0.2, -0.15) is 5.10 Å². The number of ether oxygens (including phenoxy) is 2. The maximum atomic E-state index is 11.9. The first-order valence-corrected chi connectivity index (χ1v) is 10.5. The molecule has 0 saturated heterocycles. The predicted octanol–water partition coefficient (Wildman–Crippen LogP) is 2.86. The number of nitrogens with one attached hydrogen (secondary N) is 2. The number of nitrogen functional groups attached to an aromatic ring is 1. The van der Waals surface area contributed by atoms with Crippen LogP contribution in [0.1, 0.15) is 0 Å². The van der Waals surface area contributed by atoms with Crippen molar-refractivity contribution < 1.29 is 17.9 Å². The van der Waals surface area contributed by atoms with Gasteiger partial charge in [0.25, 0.3) is 0 Å². The molecule has 0 spiro atoms. The Hall–Kier alpha value is -3.53. The van der Waals surface area contributed by atoms with Gasteiger partial charge in [-0.05, 0) is 18.2 Å². The van der Waals surface area contributed by atoms with E-state index in [4.69, 9.17) is 15.2 Å². The maximum Gasteiger partial charge on any atom is 0.175 e. The molecule has 4 rings (SSSR count). The van der Waals surface area contributed by atoms with Crippen LogP contribution >= 0.6 is 0 Å². The van der Waals surface area contributed by atoms with Crippen LogP contribution in [0.2, 0.25) is 0 Å². The molecular weight excluding hydrogens is 394 g/mol. The van der Waals surface area contributed by atoms with E-state index in [-0.39, 0.29) is 4.90 Å². The number of aromatic amines is 1. The molecule has 0 unspecified atom stereocenters. The summed E-state index contributed by atoms with van der Waals surface area (Å²) in [5.74, 6) is 1.53. The van der Waals surface area contributed by atoms with Crippen LogP contribution in [0.3, 0.4) is 0 Å². The number of aromatic nitrogens is 3. The summed E-state index contributed by atoms with van der Waals surface area (Å²) < 4.78 is 34.4. The molecule has 29 heavy (non-hydrogen) atoms. The summed E-state index contributed by atoms with van der Waals surface area (Å²) in [4.78, 5) is 4.85. The average Bonchev–Trinajstić information content (AvgIpc) is 3.18. The molecule has 0 aliphatic carbocycles. The van der Waals surface area contributed by atoms with E-state index in [1.807, 2.05) is 0 Å². The van der Waals surface area contributed by atoms with E-state index < -0.39 is 9.84 Å². The fourth-order valence-electron chi connectivity index (χ4n) is 3.13. The summed E-state index contributed by atoms with van der Waals surface area (Å²) >= 11 is 0. The molecule has 0 radical (unpaired) electrons. The molecule has 0 aliphatic heterocycles. The molecule has 0 saturated carbocycles. The SMILES string of the molecule is COc1cc(N)c(Nc2nc3ccc(S(C)(=O)=O)cc3c3cn[nH]c23)cc1OC. The molecule has 0 fully saturated rings. The largest absolute Gasteiger partial charge is 0.493 e. The van der Waals surface area contributed by atoms with Crippen LogP contribution in [0, 0.1) is 0 Å². The van der Waals surface area contributed by atoms with Gasteiger partial charge < -0.3 is 20.5 Å². The van der Waals surface area contributed by atoms with Gasteiger partial charge in [-0.25, -0.2) is 13.4 Å². The summed E-state index contributed by atoms with van der Waals surface area (Å²) in [5.41, 5.74) is 8.42. The van der Waals surface area contributed by atoms with Gasteiger partial charge in [-0.15, -0.1) is 0 Å². The van der Waals surface area contributed by atoms with Crippen molar-refractivity contribution in [3.05, 3.63) is 36.5 Å². The normalized spacial score (nSPS) is 11.7. The Morgan fingerprint density at radius 3 is 2.48 bits per heavy atom. The van der Waals surface area contributed by atoms with Gasteiger partial charge in [-0.3, -0.25) is 5.10 Å². The number of pyridine rings is 1. The Balaban J connectivity index is 1.88. The van der Waals surface area contributed by atoms with Gasteiger partial charge in [0.2, 0.25) is 0 Å². The van der Waals surface area contributed by atoms with Crippen LogP contribution in [-0.2, 0) is 9.84 Å². The Morgan fingerprint density at radius 1 is 1.07 bits per heavy atom. The highest BCUT2D eigenvalue weighted by Crippen LogP contribution is 2.37. The highest BCUT2D eigenvalue weighted by atomic mass is 32.2. The predicted molar refractivity (Wildman–Crippen MR) is 112 cm³/mol. The van der Waals surface area contributed by atoms with Gasteiger partial charge in [0.1, 0.15) is 5.52 Å². The van der Waals surface area contributed by atoms with E-state index in [2.05, 4.69) is 20.5 Å². The van der Waals surface area contributed by atoms with Crippen LogP contribution in [-0.4, -0.2) is 44.1 Å². The molecule has 9 nitrogen and oxygen atoms in total. The first-order chi connectivity index (χ1) is 13.8. The van der Waals surface area contributed by atoms with Crippen LogP contribution in [0.5, 0.6) is 11.5 Å². The average molecular weight is 413 g/mol. The third-order valence-electron chi connectivity index (χ3n) is 4.60. The second-order valence-electron chi connectivity index (χ2n) is 6.49. The van der Waals surface area contributed by atoms with Crippen molar-refractivity contribution >= 4 is 48.8 Å². The molecule has 10 heteroatoms. The van der Waals surface area contributed by atoms with Crippen molar-refractivity contribution in [3.63, 3.8) is 0 Å². The molecular formula is C19H19N5O4S. The van der Waals surface area contributed by atoms with E-state index in [9.17, 15) is 8.42 Å². The number of anilines is 3. The Kier molecular flexibility index (Phi) is 4.42. The number of hydrogen-bond donors (Lipinski definition) is 3. The quantitative estimate of drug-likeness (QED) is 0.426. The van der Waals surface area contributed by atoms with Gasteiger partial charge in [0.15, 0.2) is 27.2 Å². The summed E-state index contributed by atoms with van der Waals surface area (Å²) in [6.45, 7) is 0. The number of hydrogen-bond acceptors (Lipinski definition) is 8. The first kappa shape index (κ1) is 18.8. The fraction of sp³-hybridized carbons (Fsp3) is 0.158. The number of nitrogens with two attached hydrogens (primary N) is 1. The van der Waals surface area contributed by atoms with Crippen LogP contribution in [0.15, 0.2) is 41.4 Å². The lowest BCUT2D eigenvalue weighted by Gasteiger charge is -2.14. The van der Waals surface area contributed by atoms with Crippen molar-refractivity contribution in [3.8, 4) is 11.5 Å². The summed E-state index contributed by atoms with van der Waals surface area (Å²) in [7, 11) is -0.265. The molecule has 150 valence electrons. The second-order valence-corrected chi connectivity index (χ2v) is 8.51. The molecule has 0 atom stereocenters. The van der Waals surface area contributed by atoms with Crippen molar-refractivity contribution in [2.24, 2.45) is 0 Å². The lowest BCUT2D eigenvalue weighted by molar-refractivity contribution is 0.355. The summed E-state index contributed by atoms with van der Waals surface area (Å²) in [5, 5.41) is 11.6. The topological polar surface area (TPSA) is 132 Å². The Labute approximate surface area is 166 Å². The maximum absolute atomic E-state index is 11.9. The molecule has 2 heterocycles. The zero-order chi connectivity index (χ0) is 20.8. The molecule has 0 bridgehead atoms. The lowest BCUT2D eigenvalue weighted by atomic mass is 10.1. The number of sulfone groups is 1. The lowest BCUT2D eigenvalue weighted by Crippen LogP contribution is -2.02. The highest BCUT2D eigenvalue weighted by Gasteiger charge is 2.16. The third kappa shape index (κ3) is 3.27. The van der Waals surface area contributed by atoms with E-state index >= 15 is 0 Å². The number of methoxy groups -OCH3 is 2. The van der Waals surface area contributed by atoms with Crippen LogP contribution in [0.4, 0.5) is 17.2 Å². The molecule has 2 aromatic carbocycles.